The van der Waals surface area contributed by atoms with Crippen LogP contribution >= 0.6 is 23.4 Å². The SMILES string of the molecule is [O-][NH+](O)c1cc(Cl)ccc1Sc1ccccc1. The average molecular weight is 268 g/mol. The molecule has 0 amide bonds. The molecule has 0 saturated carbocycles. The van der Waals surface area contributed by atoms with Gasteiger partial charge in [0.05, 0.1) is 4.90 Å². The molecule has 2 N–H and O–H groups in total. The molecule has 3 nitrogen and oxygen atoms in total. The molecular weight excluding hydrogens is 258 g/mol. The van der Waals surface area contributed by atoms with Crippen molar-refractivity contribution in [3.05, 3.63) is 58.8 Å². The summed E-state index contributed by atoms with van der Waals surface area (Å²) in [7, 11) is 0. The van der Waals surface area contributed by atoms with Crippen molar-refractivity contribution in [2.45, 2.75) is 9.79 Å². The van der Waals surface area contributed by atoms with Crippen LogP contribution in [0.15, 0.2) is 58.3 Å². The summed E-state index contributed by atoms with van der Waals surface area (Å²) in [6, 6.07) is 14.5. The van der Waals surface area contributed by atoms with E-state index in [-0.39, 0.29) is 5.69 Å². The molecule has 88 valence electrons. The van der Waals surface area contributed by atoms with Crippen molar-refractivity contribution in [3.8, 4) is 0 Å². The highest BCUT2D eigenvalue weighted by Gasteiger charge is 2.11. The van der Waals surface area contributed by atoms with Crippen molar-refractivity contribution in [2.24, 2.45) is 0 Å². The van der Waals surface area contributed by atoms with Gasteiger partial charge in [-0.15, -0.1) is 0 Å². The highest BCUT2D eigenvalue weighted by Crippen LogP contribution is 2.32. The van der Waals surface area contributed by atoms with E-state index < -0.39 is 5.23 Å². The number of quaternary nitrogens is 1. The fourth-order valence-electron chi connectivity index (χ4n) is 1.37. The summed E-state index contributed by atoms with van der Waals surface area (Å²) in [6.07, 6.45) is 0. The van der Waals surface area contributed by atoms with E-state index in [1.54, 1.807) is 12.1 Å². The molecule has 0 aliphatic heterocycles. The van der Waals surface area contributed by atoms with Crippen LogP contribution in [0, 0.1) is 5.21 Å². The maximum absolute atomic E-state index is 11.1. The Balaban J connectivity index is 2.33. The summed E-state index contributed by atoms with van der Waals surface area (Å²) in [6.45, 7) is 0. The number of halogens is 1. The fourth-order valence-corrected chi connectivity index (χ4v) is 2.49. The van der Waals surface area contributed by atoms with Gasteiger partial charge in [-0.25, -0.2) is 5.21 Å². The lowest BCUT2D eigenvalue weighted by Crippen LogP contribution is -2.99. The Morgan fingerprint density at radius 1 is 1.12 bits per heavy atom. The largest absolute Gasteiger partial charge is 0.595 e. The van der Waals surface area contributed by atoms with Crippen molar-refractivity contribution in [1.29, 1.82) is 0 Å². The zero-order chi connectivity index (χ0) is 12.3. The minimum absolute atomic E-state index is 0.228. The third-order valence-corrected chi connectivity index (χ3v) is 3.46. The first kappa shape index (κ1) is 12.4. The van der Waals surface area contributed by atoms with E-state index in [0.29, 0.717) is 9.92 Å². The minimum atomic E-state index is -0.967. The van der Waals surface area contributed by atoms with Crippen LogP contribution < -0.4 is 5.23 Å². The van der Waals surface area contributed by atoms with Crippen LogP contribution in [0.2, 0.25) is 5.02 Å². The second kappa shape index (κ2) is 5.53. The Morgan fingerprint density at radius 2 is 1.82 bits per heavy atom. The fraction of sp³-hybridized carbons (Fsp3) is 0. The normalized spacial score (nSPS) is 12.4. The molecule has 1 unspecified atom stereocenters. The van der Waals surface area contributed by atoms with E-state index in [9.17, 15) is 5.21 Å². The lowest BCUT2D eigenvalue weighted by atomic mass is 10.3. The summed E-state index contributed by atoms with van der Waals surface area (Å²) >= 11 is 7.20. The Bertz CT molecular complexity index is 505. The van der Waals surface area contributed by atoms with E-state index in [0.717, 1.165) is 4.90 Å². The van der Waals surface area contributed by atoms with Gasteiger partial charge in [-0.3, -0.25) is 0 Å². The van der Waals surface area contributed by atoms with Crippen molar-refractivity contribution in [3.63, 3.8) is 0 Å². The number of hydrogen-bond donors (Lipinski definition) is 2. The molecule has 0 aromatic heterocycles. The van der Waals surface area contributed by atoms with Gasteiger partial charge in [0.25, 0.3) is 0 Å². The second-order valence-electron chi connectivity index (χ2n) is 3.36. The lowest BCUT2D eigenvalue weighted by molar-refractivity contribution is -0.992. The van der Waals surface area contributed by atoms with Crippen LogP contribution in [0.3, 0.4) is 0 Å². The molecule has 2 aromatic carbocycles. The van der Waals surface area contributed by atoms with Gasteiger partial charge in [0.1, 0.15) is 0 Å². The second-order valence-corrected chi connectivity index (χ2v) is 4.91. The van der Waals surface area contributed by atoms with Gasteiger partial charge in [0.15, 0.2) is 5.69 Å². The predicted octanol–water partition coefficient (Wildman–Crippen LogP) is 2.89. The third kappa shape index (κ3) is 3.21. The molecule has 1 atom stereocenters. The molecule has 0 spiro atoms. The molecule has 5 heteroatoms. The Kier molecular flexibility index (Phi) is 4.04. The van der Waals surface area contributed by atoms with Crippen LogP contribution in [-0.2, 0) is 0 Å². The first-order chi connectivity index (χ1) is 8.16. The Hall–Kier alpha value is -1.04. The topological polar surface area (TPSA) is 47.7 Å². The number of nitrogens with one attached hydrogen (secondary N) is 1. The van der Waals surface area contributed by atoms with Gasteiger partial charge < -0.3 is 5.21 Å². The monoisotopic (exact) mass is 267 g/mol. The molecule has 2 rings (SSSR count). The molecule has 0 fully saturated rings. The van der Waals surface area contributed by atoms with E-state index in [4.69, 9.17) is 16.8 Å². The zero-order valence-electron chi connectivity index (χ0n) is 8.76. The van der Waals surface area contributed by atoms with Crippen molar-refractivity contribution >= 4 is 29.1 Å². The van der Waals surface area contributed by atoms with Gasteiger partial charge in [-0.2, -0.15) is 5.23 Å². The first-order valence-corrected chi connectivity index (χ1v) is 6.12. The van der Waals surface area contributed by atoms with Gasteiger partial charge in [0.2, 0.25) is 0 Å². The summed E-state index contributed by atoms with van der Waals surface area (Å²) in [5, 5.41) is 19.7. The summed E-state index contributed by atoms with van der Waals surface area (Å²) in [5.74, 6) is 0. The molecule has 0 heterocycles. The lowest BCUT2D eigenvalue weighted by Gasteiger charge is -2.15. The van der Waals surface area contributed by atoms with Crippen molar-refractivity contribution in [1.82, 2.24) is 0 Å². The molecule has 0 aliphatic rings. The van der Waals surface area contributed by atoms with Crippen LogP contribution in [0.5, 0.6) is 0 Å². The minimum Gasteiger partial charge on any atom is -0.595 e. The maximum Gasteiger partial charge on any atom is 0.179 e. The number of benzene rings is 2. The van der Waals surface area contributed by atoms with E-state index in [2.05, 4.69) is 0 Å². The summed E-state index contributed by atoms with van der Waals surface area (Å²) < 4.78 is 0. The van der Waals surface area contributed by atoms with Gasteiger partial charge in [-0.1, -0.05) is 41.6 Å². The molecule has 17 heavy (non-hydrogen) atoms. The van der Waals surface area contributed by atoms with E-state index >= 15 is 0 Å². The molecular formula is C12H10ClNO2S. The Labute approximate surface area is 108 Å². The number of hydrogen-bond acceptors (Lipinski definition) is 3. The molecule has 0 bridgehead atoms. The average Bonchev–Trinajstić information content (AvgIpc) is 2.32. The summed E-state index contributed by atoms with van der Waals surface area (Å²) in [5.41, 5.74) is 0.228. The predicted molar refractivity (Wildman–Crippen MR) is 67.8 cm³/mol. The summed E-state index contributed by atoms with van der Waals surface area (Å²) in [4.78, 5) is 1.69. The Morgan fingerprint density at radius 3 is 2.47 bits per heavy atom. The zero-order valence-corrected chi connectivity index (χ0v) is 10.3. The molecule has 0 radical (unpaired) electrons. The van der Waals surface area contributed by atoms with Crippen LogP contribution in [0.1, 0.15) is 0 Å². The highest BCUT2D eigenvalue weighted by molar-refractivity contribution is 7.99. The standard InChI is InChI=1S/C12H10ClNO2S/c13-9-6-7-12(11(8-9)14(15)16)17-10-4-2-1-3-5-10/h1-8,14-15H. The van der Waals surface area contributed by atoms with Gasteiger partial charge in [-0.05, 0) is 24.3 Å². The molecule has 0 saturated heterocycles. The van der Waals surface area contributed by atoms with Crippen LogP contribution in [0.4, 0.5) is 5.69 Å². The number of rotatable bonds is 3. The first-order valence-electron chi connectivity index (χ1n) is 4.92. The quantitative estimate of drug-likeness (QED) is 0.841. The van der Waals surface area contributed by atoms with E-state index in [1.165, 1.54) is 17.8 Å². The molecule has 2 aromatic rings. The smallest absolute Gasteiger partial charge is 0.179 e. The maximum atomic E-state index is 11.1. The van der Waals surface area contributed by atoms with Crippen LogP contribution in [-0.4, -0.2) is 5.21 Å². The van der Waals surface area contributed by atoms with Crippen LogP contribution in [0.25, 0.3) is 0 Å². The third-order valence-electron chi connectivity index (χ3n) is 2.14. The van der Waals surface area contributed by atoms with Crippen molar-refractivity contribution < 1.29 is 10.4 Å². The molecule has 0 aliphatic carbocycles. The van der Waals surface area contributed by atoms with Gasteiger partial charge in [0, 0.05) is 16.0 Å². The van der Waals surface area contributed by atoms with Crippen molar-refractivity contribution in [2.75, 3.05) is 0 Å². The van der Waals surface area contributed by atoms with Gasteiger partial charge >= 0.3 is 0 Å². The van der Waals surface area contributed by atoms with E-state index in [1.807, 2.05) is 30.3 Å². The highest BCUT2D eigenvalue weighted by atomic mass is 35.5.